The number of H-pyrrole nitrogens is 1. The van der Waals surface area contributed by atoms with Crippen LogP contribution in [0.2, 0.25) is 0 Å². The van der Waals surface area contributed by atoms with Gasteiger partial charge in [-0.15, -0.1) is 0 Å². The van der Waals surface area contributed by atoms with Crippen LogP contribution in [-0.2, 0) is 12.7 Å². The summed E-state index contributed by atoms with van der Waals surface area (Å²) in [5.74, 6) is -0.0146. The quantitative estimate of drug-likeness (QED) is 0.617. The first-order valence-corrected chi connectivity index (χ1v) is 9.66. The van der Waals surface area contributed by atoms with Gasteiger partial charge < -0.3 is 9.64 Å². The molecule has 0 saturated carbocycles. The topological polar surface area (TPSA) is 64.9 Å². The van der Waals surface area contributed by atoms with E-state index in [1.165, 1.54) is 12.3 Å². The predicted molar refractivity (Wildman–Crippen MR) is 105 cm³/mol. The number of benzene rings is 1. The minimum absolute atomic E-state index is 0.123. The Morgan fingerprint density at radius 3 is 2.59 bits per heavy atom. The third kappa shape index (κ3) is 5.97. The number of aromatic nitrogens is 2. The highest BCUT2D eigenvalue weighted by Gasteiger charge is 2.36. The molecule has 0 aliphatic rings. The van der Waals surface area contributed by atoms with E-state index in [2.05, 4.69) is 10.2 Å². The van der Waals surface area contributed by atoms with Crippen molar-refractivity contribution in [2.75, 3.05) is 20.2 Å². The number of hydrogen-bond donors (Lipinski definition) is 1. The zero-order valence-electron chi connectivity index (χ0n) is 17.2. The number of nitrogens with zero attached hydrogens (tertiary/aromatic N) is 3. The molecule has 1 heterocycles. The Labute approximate surface area is 169 Å². The molecular formula is C21H27F3N4O. The summed E-state index contributed by atoms with van der Waals surface area (Å²) in [5, 5.41) is 16.4. The molecule has 0 atom stereocenters. The van der Waals surface area contributed by atoms with E-state index in [-0.39, 0.29) is 23.5 Å². The Balaban J connectivity index is 2.48. The fraction of sp³-hybridized carbons (Fsp3) is 0.524. The van der Waals surface area contributed by atoms with E-state index < -0.39 is 11.7 Å². The third-order valence-electron chi connectivity index (χ3n) is 4.54. The van der Waals surface area contributed by atoms with Crippen LogP contribution in [0.5, 0.6) is 5.75 Å². The second-order valence-corrected chi connectivity index (χ2v) is 7.53. The molecule has 0 fully saturated rings. The Kier molecular flexibility index (Phi) is 7.68. The highest BCUT2D eigenvalue weighted by molar-refractivity contribution is 5.74. The summed E-state index contributed by atoms with van der Waals surface area (Å²) in [5.41, 5.74) is 0.593. The van der Waals surface area contributed by atoms with Crippen LogP contribution in [0.25, 0.3) is 11.1 Å². The van der Waals surface area contributed by atoms with E-state index in [1.54, 1.807) is 0 Å². The fourth-order valence-corrected chi connectivity index (χ4v) is 3.04. The van der Waals surface area contributed by atoms with Gasteiger partial charge in [0.15, 0.2) is 0 Å². The SMILES string of the molecule is CCCN(C)Cc1[nH]ncc1-c1cc(C(F)(F)F)c(OCCC(C)C)cc1C#N. The van der Waals surface area contributed by atoms with E-state index >= 15 is 0 Å². The number of nitrogens with one attached hydrogen (secondary N) is 1. The van der Waals surface area contributed by atoms with Gasteiger partial charge in [0.25, 0.3) is 0 Å². The largest absolute Gasteiger partial charge is 0.493 e. The molecule has 0 saturated heterocycles. The van der Waals surface area contributed by atoms with E-state index in [0.29, 0.717) is 30.1 Å². The standard InChI is InChI=1S/C21H27F3N4O/c1-5-7-28(4)13-19-17(12-26-27-19)16-10-18(21(22,23)24)20(9-15(16)11-25)29-8-6-14(2)3/h9-10,12,14H,5-8,13H2,1-4H3,(H,26,27). The van der Waals surface area contributed by atoms with Crippen LogP contribution < -0.4 is 4.74 Å². The van der Waals surface area contributed by atoms with Crippen molar-refractivity contribution in [3.63, 3.8) is 0 Å². The van der Waals surface area contributed by atoms with Crippen LogP contribution in [0.15, 0.2) is 18.3 Å². The van der Waals surface area contributed by atoms with Gasteiger partial charge in [-0.25, -0.2) is 0 Å². The molecule has 5 nitrogen and oxygen atoms in total. The van der Waals surface area contributed by atoms with E-state index in [4.69, 9.17) is 4.74 Å². The maximum atomic E-state index is 13.7. The van der Waals surface area contributed by atoms with Crippen LogP contribution in [0.3, 0.4) is 0 Å². The summed E-state index contributed by atoms with van der Waals surface area (Å²) >= 11 is 0. The molecule has 29 heavy (non-hydrogen) atoms. The first-order chi connectivity index (χ1) is 13.7. The van der Waals surface area contributed by atoms with Crippen molar-refractivity contribution in [1.82, 2.24) is 15.1 Å². The van der Waals surface area contributed by atoms with Crippen LogP contribution in [0.4, 0.5) is 13.2 Å². The van der Waals surface area contributed by atoms with Crippen molar-refractivity contribution in [3.8, 4) is 22.9 Å². The van der Waals surface area contributed by atoms with Gasteiger partial charge >= 0.3 is 6.18 Å². The molecule has 0 spiro atoms. The minimum atomic E-state index is -4.60. The van der Waals surface area contributed by atoms with E-state index in [0.717, 1.165) is 19.0 Å². The molecule has 2 rings (SSSR count). The second-order valence-electron chi connectivity index (χ2n) is 7.53. The lowest BCUT2D eigenvalue weighted by Crippen LogP contribution is -2.19. The molecule has 0 aliphatic heterocycles. The number of alkyl halides is 3. The summed E-state index contributed by atoms with van der Waals surface area (Å²) in [6.07, 6.45) is -1.57. The van der Waals surface area contributed by atoms with Gasteiger partial charge in [0.05, 0.1) is 35.7 Å². The Hall–Kier alpha value is -2.53. The van der Waals surface area contributed by atoms with Gasteiger partial charge in [0.1, 0.15) is 5.75 Å². The Morgan fingerprint density at radius 2 is 2.00 bits per heavy atom. The number of rotatable bonds is 9. The van der Waals surface area contributed by atoms with Crippen LogP contribution in [0.1, 0.15) is 50.4 Å². The minimum Gasteiger partial charge on any atom is -0.493 e. The monoisotopic (exact) mass is 408 g/mol. The molecule has 0 unspecified atom stereocenters. The van der Waals surface area contributed by atoms with Gasteiger partial charge in [0, 0.05) is 17.7 Å². The number of hydrogen-bond acceptors (Lipinski definition) is 4. The molecule has 1 aromatic carbocycles. The van der Waals surface area contributed by atoms with Crippen molar-refractivity contribution >= 4 is 0 Å². The lowest BCUT2D eigenvalue weighted by Gasteiger charge is -2.18. The summed E-state index contributed by atoms with van der Waals surface area (Å²) < 4.78 is 46.5. The first kappa shape index (κ1) is 22.8. The van der Waals surface area contributed by atoms with Crippen molar-refractivity contribution in [2.24, 2.45) is 5.92 Å². The summed E-state index contributed by atoms with van der Waals surface area (Å²) in [6, 6.07) is 4.19. The number of aromatic amines is 1. The van der Waals surface area contributed by atoms with Crippen molar-refractivity contribution in [3.05, 3.63) is 35.2 Å². The van der Waals surface area contributed by atoms with Crippen LogP contribution in [0, 0.1) is 17.2 Å². The predicted octanol–water partition coefficient (Wildman–Crippen LogP) is 5.23. The normalized spacial score (nSPS) is 11.9. The summed E-state index contributed by atoms with van der Waals surface area (Å²) in [7, 11) is 1.92. The van der Waals surface area contributed by atoms with Crippen LogP contribution in [-0.4, -0.2) is 35.3 Å². The van der Waals surface area contributed by atoms with Crippen molar-refractivity contribution in [1.29, 1.82) is 5.26 Å². The highest BCUT2D eigenvalue weighted by Crippen LogP contribution is 2.41. The number of ether oxygens (including phenoxy) is 1. The molecule has 2 aromatic rings. The van der Waals surface area contributed by atoms with E-state index in [9.17, 15) is 18.4 Å². The van der Waals surface area contributed by atoms with Gasteiger partial charge in [-0.3, -0.25) is 5.10 Å². The highest BCUT2D eigenvalue weighted by atomic mass is 19.4. The van der Waals surface area contributed by atoms with Gasteiger partial charge in [-0.1, -0.05) is 20.8 Å². The molecule has 8 heteroatoms. The molecule has 0 radical (unpaired) electrons. The fourth-order valence-electron chi connectivity index (χ4n) is 3.04. The van der Waals surface area contributed by atoms with Crippen LogP contribution >= 0.6 is 0 Å². The third-order valence-corrected chi connectivity index (χ3v) is 4.54. The molecule has 1 aromatic heterocycles. The average molecular weight is 408 g/mol. The maximum absolute atomic E-state index is 13.7. The van der Waals surface area contributed by atoms with Gasteiger partial charge in [-0.2, -0.15) is 23.5 Å². The molecule has 1 N–H and O–H groups in total. The second kappa shape index (κ2) is 9.79. The molecular weight excluding hydrogens is 381 g/mol. The zero-order valence-corrected chi connectivity index (χ0v) is 17.2. The molecule has 0 aliphatic carbocycles. The lowest BCUT2D eigenvalue weighted by molar-refractivity contribution is -0.138. The Bertz CT molecular complexity index is 853. The number of halogens is 3. The Morgan fingerprint density at radius 1 is 1.28 bits per heavy atom. The van der Waals surface area contributed by atoms with Gasteiger partial charge in [0.2, 0.25) is 0 Å². The number of nitriles is 1. The van der Waals surface area contributed by atoms with Crippen molar-refractivity contribution < 1.29 is 17.9 Å². The van der Waals surface area contributed by atoms with E-state index in [1.807, 2.05) is 38.8 Å². The zero-order chi connectivity index (χ0) is 21.6. The summed E-state index contributed by atoms with van der Waals surface area (Å²) in [6.45, 7) is 7.46. The smallest absolute Gasteiger partial charge is 0.419 e. The van der Waals surface area contributed by atoms with Gasteiger partial charge in [-0.05, 0) is 44.5 Å². The molecule has 0 amide bonds. The maximum Gasteiger partial charge on any atom is 0.419 e. The van der Waals surface area contributed by atoms with Crippen molar-refractivity contribution in [2.45, 2.75) is 46.3 Å². The molecule has 158 valence electrons. The molecule has 0 bridgehead atoms. The lowest BCUT2D eigenvalue weighted by atomic mass is 9.97. The average Bonchev–Trinajstić information content (AvgIpc) is 3.08. The first-order valence-electron chi connectivity index (χ1n) is 9.66. The summed E-state index contributed by atoms with van der Waals surface area (Å²) in [4.78, 5) is 2.04.